The largest absolute Gasteiger partial charge is 0.135 e. The fourth-order valence-corrected chi connectivity index (χ4v) is 3.97. The molecule has 0 unspecified atom stereocenters. The summed E-state index contributed by atoms with van der Waals surface area (Å²) >= 11 is 1.85. The number of aryl methyl sites for hydroxylation is 1. The molecule has 3 aromatic carbocycles. The minimum atomic E-state index is 1.26. The first-order valence-corrected chi connectivity index (χ1v) is 8.94. The molecule has 4 rings (SSSR count). The Labute approximate surface area is 147 Å². The zero-order valence-corrected chi connectivity index (χ0v) is 14.4. The number of rotatable bonds is 3. The van der Waals surface area contributed by atoms with Gasteiger partial charge in [0.2, 0.25) is 0 Å². The molecule has 0 radical (unpaired) electrons. The quantitative estimate of drug-likeness (QED) is 0.378. The summed E-state index contributed by atoms with van der Waals surface area (Å²) < 4.78 is 0. The van der Waals surface area contributed by atoms with E-state index in [1.807, 2.05) is 11.3 Å². The van der Waals surface area contributed by atoms with E-state index in [-0.39, 0.29) is 0 Å². The summed E-state index contributed by atoms with van der Waals surface area (Å²) in [6, 6.07) is 32.5. The molecule has 1 heterocycles. The summed E-state index contributed by atoms with van der Waals surface area (Å²) in [6.45, 7) is 2.12. The number of hydrogen-bond donors (Lipinski definition) is 0. The van der Waals surface area contributed by atoms with Crippen molar-refractivity contribution in [1.29, 1.82) is 0 Å². The van der Waals surface area contributed by atoms with Gasteiger partial charge in [0, 0.05) is 9.75 Å². The van der Waals surface area contributed by atoms with E-state index in [1.165, 1.54) is 37.6 Å². The molecular weight excluding hydrogens is 308 g/mol. The summed E-state index contributed by atoms with van der Waals surface area (Å²) in [7, 11) is 0. The molecule has 0 aliphatic heterocycles. The first-order chi connectivity index (χ1) is 11.8. The second kappa shape index (κ2) is 6.46. The van der Waals surface area contributed by atoms with Gasteiger partial charge in [-0.1, -0.05) is 84.4 Å². The molecule has 1 aromatic heterocycles. The zero-order valence-electron chi connectivity index (χ0n) is 13.6. The molecule has 1 heteroatoms. The maximum Gasteiger partial charge on any atom is 0.0355 e. The average molecular weight is 326 g/mol. The fourth-order valence-electron chi connectivity index (χ4n) is 2.92. The van der Waals surface area contributed by atoms with Gasteiger partial charge in [0.1, 0.15) is 0 Å². The van der Waals surface area contributed by atoms with Crippen LogP contribution in [0.3, 0.4) is 0 Å². The van der Waals surface area contributed by atoms with Crippen molar-refractivity contribution in [2.45, 2.75) is 6.92 Å². The van der Waals surface area contributed by atoms with E-state index in [0.29, 0.717) is 0 Å². The molecule has 0 N–H and O–H groups in total. The lowest BCUT2D eigenvalue weighted by Gasteiger charge is -2.08. The summed E-state index contributed by atoms with van der Waals surface area (Å²) in [5, 5.41) is 0. The maximum absolute atomic E-state index is 2.24. The van der Waals surface area contributed by atoms with E-state index in [0.717, 1.165) is 0 Å². The molecule has 116 valence electrons. The van der Waals surface area contributed by atoms with E-state index in [1.54, 1.807) is 0 Å². The number of thiophene rings is 1. The van der Waals surface area contributed by atoms with Gasteiger partial charge in [0.25, 0.3) is 0 Å². The molecule has 0 nitrogen and oxygen atoms in total. The number of hydrogen-bond acceptors (Lipinski definition) is 1. The third-order valence-electron chi connectivity index (χ3n) is 4.22. The van der Waals surface area contributed by atoms with Gasteiger partial charge in [0.05, 0.1) is 0 Å². The van der Waals surface area contributed by atoms with E-state index >= 15 is 0 Å². The first kappa shape index (κ1) is 14.9. The Kier molecular flexibility index (Phi) is 4.02. The van der Waals surface area contributed by atoms with E-state index in [9.17, 15) is 0 Å². The third-order valence-corrected chi connectivity index (χ3v) is 5.39. The molecule has 0 aliphatic rings. The van der Waals surface area contributed by atoms with Gasteiger partial charge in [0.15, 0.2) is 0 Å². The van der Waals surface area contributed by atoms with Crippen molar-refractivity contribution in [1.82, 2.24) is 0 Å². The van der Waals surface area contributed by atoms with Crippen LogP contribution in [0.25, 0.3) is 32.0 Å². The lowest BCUT2D eigenvalue weighted by atomic mass is 9.99. The SMILES string of the molecule is Cc1ccc(-c2ccc(-c3ccccc3-c3ccccc3)s2)cc1. The monoisotopic (exact) mass is 326 g/mol. The van der Waals surface area contributed by atoms with Gasteiger partial charge in [-0.3, -0.25) is 0 Å². The molecule has 0 saturated carbocycles. The highest BCUT2D eigenvalue weighted by Gasteiger charge is 2.10. The van der Waals surface area contributed by atoms with Crippen LogP contribution < -0.4 is 0 Å². The van der Waals surface area contributed by atoms with Gasteiger partial charge >= 0.3 is 0 Å². The van der Waals surface area contributed by atoms with Gasteiger partial charge in [-0.2, -0.15) is 0 Å². The van der Waals surface area contributed by atoms with Crippen molar-refractivity contribution in [3.8, 4) is 32.0 Å². The van der Waals surface area contributed by atoms with Gasteiger partial charge in [-0.15, -0.1) is 11.3 Å². The van der Waals surface area contributed by atoms with Crippen molar-refractivity contribution < 1.29 is 0 Å². The topological polar surface area (TPSA) is 0 Å². The highest BCUT2D eigenvalue weighted by atomic mass is 32.1. The normalized spacial score (nSPS) is 10.7. The lowest BCUT2D eigenvalue weighted by Crippen LogP contribution is -1.81. The van der Waals surface area contributed by atoms with Crippen molar-refractivity contribution in [2.24, 2.45) is 0 Å². The Bertz CT molecular complexity index is 947. The molecule has 0 spiro atoms. The molecule has 0 bridgehead atoms. The standard InChI is InChI=1S/C23H18S/c1-17-11-13-19(14-12-17)22-15-16-23(24-22)21-10-6-5-9-20(21)18-7-3-2-4-8-18/h2-16H,1H3. The van der Waals surface area contributed by atoms with Gasteiger partial charge in [-0.25, -0.2) is 0 Å². The van der Waals surface area contributed by atoms with Crippen molar-refractivity contribution in [3.63, 3.8) is 0 Å². The Morgan fingerprint density at radius 3 is 1.88 bits per heavy atom. The first-order valence-electron chi connectivity index (χ1n) is 8.13. The van der Waals surface area contributed by atoms with Crippen LogP contribution in [0, 0.1) is 6.92 Å². The molecule has 4 aromatic rings. The summed E-state index contributed by atoms with van der Waals surface area (Å²) in [4.78, 5) is 2.62. The Hall–Kier alpha value is -2.64. The van der Waals surface area contributed by atoms with Crippen LogP contribution in [-0.2, 0) is 0 Å². The smallest absolute Gasteiger partial charge is 0.0355 e. The molecular formula is C23H18S. The zero-order chi connectivity index (χ0) is 16.4. The fraction of sp³-hybridized carbons (Fsp3) is 0.0435. The van der Waals surface area contributed by atoms with Crippen LogP contribution in [0.15, 0.2) is 91.0 Å². The molecule has 0 saturated heterocycles. The van der Waals surface area contributed by atoms with Crippen LogP contribution in [0.4, 0.5) is 0 Å². The van der Waals surface area contributed by atoms with Crippen LogP contribution in [0.1, 0.15) is 5.56 Å². The molecule has 0 aliphatic carbocycles. The van der Waals surface area contributed by atoms with Crippen LogP contribution in [-0.4, -0.2) is 0 Å². The van der Waals surface area contributed by atoms with Crippen LogP contribution in [0.5, 0.6) is 0 Å². The molecule has 0 atom stereocenters. The Balaban J connectivity index is 1.77. The molecule has 24 heavy (non-hydrogen) atoms. The Morgan fingerprint density at radius 1 is 0.500 bits per heavy atom. The minimum absolute atomic E-state index is 1.26. The summed E-state index contributed by atoms with van der Waals surface area (Å²) in [5.41, 5.74) is 6.43. The Morgan fingerprint density at radius 2 is 1.12 bits per heavy atom. The molecule has 0 amide bonds. The second-order valence-corrected chi connectivity index (χ2v) is 7.03. The average Bonchev–Trinajstić information content (AvgIpc) is 3.13. The van der Waals surface area contributed by atoms with E-state index in [2.05, 4.69) is 97.9 Å². The van der Waals surface area contributed by atoms with Crippen molar-refractivity contribution in [3.05, 3.63) is 96.6 Å². The van der Waals surface area contributed by atoms with Crippen molar-refractivity contribution in [2.75, 3.05) is 0 Å². The summed E-state index contributed by atoms with van der Waals surface area (Å²) in [5.74, 6) is 0. The van der Waals surface area contributed by atoms with Gasteiger partial charge in [-0.05, 0) is 41.3 Å². The highest BCUT2D eigenvalue weighted by molar-refractivity contribution is 7.18. The lowest BCUT2D eigenvalue weighted by molar-refractivity contribution is 1.48. The van der Waals surface area contributed by atoms with E-state index in [4.69, 9.17) is 0 Å². The maximum atomic E-state index is 2.24. The summed E-state index contributed by atoms with van der Waals surface area (Å²) in [6.07, 6.45) is 0. The van der Waals surface area contributed by atoms with Crippen LogP contribution in [0.2, 0.25) is 0 Å². The molecule has 0 fully saturated rings. The van der Waals surface area contributed by atoms with Crippen molar-refractivity contribution >= 4 is 11.3 Å². The van der Waals surface area contributed by atoms with Crippen LogP contribution >= 0.6 is 11.3 Å². The highest BCUT2D eigenvalue weighted by Crippen LogP contribution is 2.39. The third kappa shape index (κ3) is 2.91. The van der Waals surface area contributed by atoms with E-state index < -0.39 is 0 Å². The second-order valence-electron chi connectivity index (χ2n) is 5.94. The van der Waals surface area contributed by atoms with Gasteiger partial charge < -0.3 is 0 Å². The predicted molar refractivity (Wildman–Crippen MR) is 105 cm³/mol. The number of benzene rings is 3. The minimum Gasteiger partial charge on any atom is -0.135 e. The predicted octanol–water partition coefficient (Wildman–Crippen LogP) is 7.06.